The average Bonchev–Trinajstić information content (AvgIpc) is 3.01. The summed E-state index contributed by atoms with van der Waals surface area (Å²) in [6, 6.07) is 11.5. The zero-order chi connectivity index (χ0) is 24.2. The fraction of sp³-hybridized carbons (Fsp3) is 0.308. The Morgan fingerprint density at radius 3 is 2.21 bits per heavy atom. The molecule has 0 bridgehead atoms. The van der Waals surface area contributed by atoms with Gasteiger partial charge in [0, 0.05) is 36.0 Å². The Balaban J connectivity index is 1.66. The molecule has 7 nitrogen and oxygen atoms in total. The molecule has 33 heavy (non-hydrogen) atoms. The Morgan fingerprint density at radius 1 is 1.00 bits per heavy atom. The van der Waals surface area contributed by atoms with E-state index in [1.165, 1.54) is 27.4 Å². The first kappa shape index (κ1) is 23.9. The van der Waals surface area contributed by atoms with Crippen LogP contribution in [0.25, 0.3) is 6.08 Å². The number of carbonyl (C=O) groups excluding carboxylic acids is 2. The molecule has 0 fully saturated rings. The lowest BCUT2D eigenvalue weighted by Crippen LogP contribution is -2.25. The fourth-order valence-corrected chi connectivity index (χ4v) is 4.01. The molecule has 2 aromatic rings. The van der Waals surface area contributed by atoms with E-state index in [0.29, 0.717) is 22.8 Å². The zero-order valence-corrected chi connectivity index (χ0v) is 19.8. The topological polar surface area (TPSA) is 74.3 Å². The van der Waals surface area contributed by atoms with E-state index in [1.807, 2.05) is 30.1 Å². The van der Waals surface area contributed by atoms with Crippen molar-refractivity contribution in [2.45, 2.75) is 19.3 Å². The summed E-state index contributed by atoms with van der Waals surface area (Å²) in [5.41, 5.74) is 3.40. The summed E-state index contributed by atoms with van der Waals surface area (Å²) in [5, 5.41) is 0. The Bertz CT molecular complexity index is 1090. The van der Waals surface area contributed by atoms with Crippen LogP contribution in [0.3, 0.4) is 0 Å². The molecular weight excluding hydrogens is 422 g/mol. The van der Waals surface area contributed by atoms with Crippen LogP contribution in [0.2, 0.25) is 0 Å². The number of ether oxygens (including phenoxy) is 4. The van der Waals surface area contributed by atoms with E-state index < -0.39 is 5.97 Å². The zero-order valence-electron chi connectivity index (χ0n) is 19.8. The van der Waals surface area contributed by atoms with Gasteiger partial charge in [0.2, 0.25) is 5.75 Å². The fourth-order valence-electron chi connectivity index (χ4n) is 4.01. The van der Waals surface area contributed by atoms with E-state index in [-0.39, 0.29) is 17.8 Å². The number of anilines is 1. The van der Waals surface area contributed by atoms with Gasteiger partial charge in [-0.3, -0.25) is 4.79 Å². The number of hydrogen-bond donors (Lipinski definition) is 0. The maximum absolute atomic E-state index is 12.5. The van der Waals surface area contributed by atoms with E-state index in [1.54, 1.807) is 24.3 Å². The van der Waals surface area contributed by atoms with E-state index in [0.717, 1.165) is 16.9 Å². The van der Waals surface area contributed by atoms with E-state index in [9.17, 15) is 9.59 Å². The molecule has 7 heteroatoms. The Hall–Kier alpha value is -3.74. The second-order valence-corrected chi connectivity index (χ2v) is 8.10. The summed E-state index contributed by atoms with van der Waals surface area (Å²) < 4.78 is 21.1. The van der Waals surface area contributed by atoms with Crippen LogP contribution in [-0.4, -0.2) is 46.7 Å². The van der Waals surface area contributed by atoms with Crippen molar-refractivity contribution in [2.75, 3.05) is 39.9 Å². The molecule has 0 spiro atoms. The second-order valence-electron chi connectivity index (χ2n) is 8.10. The Morgan fingerprint density at radius 2 is 1.64 bits per heavy atom. The van der Waals surface area contributed by atoms with E-state index in [4.69, 9.17) is 18.9 Å². The predicted octanol–water partition coefficient (Wildman–Crippen LogP) is 4.15. The van der Waals surface area contributed by atoms with Crippen LogP contribution in [0.4, 0.5) is 5.69 Å². The molecule has 3 rings (SSSR count). The minimum absolute atomic E-state index is 0.285. The SMILES string of the molecule is COc1cc(/C=C/C(=O)OCC(=O)/C=C2/N(C)c3ccccc3C2(C)C)cc(OC)c1OC. The van der Waals surface area contributed by atoms with E-state index in [2.05, 4.69) is 19.9 Å². The largest absolute Gasteiger partial charge is 0.493 e. The number of nitrogens with zero attached hydrogens (tertiary/aromatic N) is 1. The summed E-state index contributed by atoms with van der Waals surface area (Å²) in [4.78, 5) is 26.7. The number of allylic oxidation sites excluding steroid dienone is 1. The van der Waals surface area contributed by atoms with Gasteiger partial charge in [0.25, 0.3) is 0 Å². The standard InChI is InChI=1S/C26H29NO6/c1-26(2)19-9-7-8-10-20(19)27(3)23(26)15-18(28)16-33-24(29)12-11-17-13-21(30-4)25(32-6)22(14-17)31-5/h7-15H,16H2,1-6H3/b12-11+,23-15+. The number of benzene rings is 2. The molecule has 2 aromatic carbocycles. The molecule has 0 amide bonds. The molecule has 0 atom stereocenters. The first-order valence-electron chi connectivity index (χ1n) is 10.5. The van der Waals surface area contributed by atoms with Crippen molar-refractivity contribution in [3.05, 3.63) is 65.4 Å². The van der Waals surface area contributed by atoms with Crippen molar-refractivity contribution in [3.8, 4) is 17.2 Å². The lowest BCUT2D eigenvalue weighted by molar-refractivity contribution is -0.141. The lowest BCUT2D eigenvalue weighted by atomic mass is 9.83. The summed E-state index contributed by atoms with van der Waals surface area (Å²) in [5.74, 6) is 0.484. The number of para-hydroxylation sites is 1. The summed E-state index contributed by atoms with van der Waals surface area (Å²) >= 11 is 0. The summed E-state index contributed by atoms with van der Waals surface area (Å²) in [7, 11) is 6.48. The third-order valence-electron chi connectivity index (χ3n) is 5.69. The minimum atomic E-state index is -0.627. The maximum atomic E-state index is 12.5. The number of rotatable bonds is 8. The van der Waals surface area contributed by atoms with Gasteiger partial charge in [-0.15, -0.1) is 0 Å². The van der Waals surface area contributed by atoms with Crippen molar-refractivity contribution in [2.24, 2.45) is 0 Å². The first-order chi connectivity index (χ1) is 15.7. The highest BCUT2D eigenvalue weighted by Gasteiger charge is 2.38. The molecule has 0 aromatic heterocycles. The van der Waals surface area contributed by atoms with Crippen molar-refractivity contribution in [1.82, 2.24) is 0 Å². The minimum Gasteiger partial charge on any atom is -0.493 e. The number of fused-ring (bicyclic) bond motifs is 1. The van der Waals surface area contributed by atoms with Gasteiger partial charge >= 0.3 is 5.97 Å². The average molecular weight is 452 g/mol. The van der Waals surface area contributed by atoms with Crippen LogP contribution in [0, 0.1) is 0 Å². The predicted molar refractivity (Wildman–Crippen MR) is 127 cm³/mol. The van der Waals surface area contributed by atoms with Gasteiger partial charge in [-0.05, 0) is 35.4 Å². The van der Waals surface area contributed by atoms with E-state index >= 15 is 0 Å². The van der Waals surface area contributed by atoms with Gasteiger partial charge in [-0.1, -0.05) is 32.0 Å². The van der Waals surface area contributed by atoms with Crippen LogP contribution < -0.4 is 19.1 Å². The molecule has 1 aliphatic rings. The third-order valence-corrected chi connectivity index (χ3v) is 5.69. The van der Waals surface area contributed by atoms with Crippen molar-refractivity contribution in [3.63, 3.8) is 0 Å². The normalized spacial score (nSPS) is 15.5. The van der Waals surface area contributed by atoms with Crippen molar-refractivity contribution in [1.29, 1.82) is 0 Å². The highest BCUT2D eigenvalue weighted by atomic mass is 16.5. The number of esters is 1. The number of methoxy groups -OCH3 is 3. The molecular formula is C26H29NO6. The van der Waals surface area contributed by atoms with Crippen LogP contribution in [0.5, 0.6) is 17.2 Å². The number of hydrogen-bond acceptors (Lipinski definition) is 7. The molecule has 0 unspecified atom stereocenters. The molecule has 0 aliphatic carbocycles. The summed E-state index contributed by atoms with van der Waals surface area (Å²) in [6.07, 6.45) is 4.36. The van der Waals surface area contributed by atoms with Crippen LogP contribution in [-0.2, 0) is 19.7 Å². The van der Waals surface area contributed by atoms with Crippen LogP contribution in [0.1, 0.15) is 25.0 Å². The first-order valence-corrected chi connectivity index (χ1v) is 10.5. The van der Waals surface area contributed by atoms with Gasteiger partial charge in [0.1, 0.15) is 0 Å². The van der Waals surface area contributed by atoms with Gasteiger partial charge in [-0.25, -0.2) is 4.79 Å². The molecule has 0 saturated carbocycles. The third kappa shape index (κ3) is 4.87. The highest BCUT2D eigenvalue weighted by Crippen LogP contribution is 2.46. The smallest absolute Gasteiger partial charge is 0.331 e. The molecule has 0 N–H and O–H groups in total. The van der Waals surface area contributed by atoms with Crippen molar-refractivity contribution >= 4 is 23.5 Å². The van der Waals surface area contributed by atoms with Gasteiger partial charge < -0.3 is 23.8 Å². The summed E-state index contributed by atoms with van der Waals surface area (Å²) in [6.45, 7) is 3.80. The monoisotopic (exact) mass is 451 g/mol. The Kier molecular flexibility index (Phi) is 7.11. The Labute approximate surface area is 194 Å². The number of likely N-dealkylation sites (N-methyl/N-ethyl adjacent to an activating group) is 1. The lowest BCUT2D eigenvalue weighted by Gasteiger charge is -2.23. The molecule has 0 radical (unpaired) electrons. The molecule has 1 heterocycles. The van der Waals surface area contributed by atoms with Crippen LogP contribution >= 0.6 is 0 Å². The van der Waals surface area contributed by atoms with Crippen LogP contribution in [0.15, 0.2) is 54.2 Å². The number of ketones is 1. The van der Waals surface area contributed by atoms with Crippen molar-refractivity contribution < 1.29 is 28.5 Å². The molecule has 1 aliphatic heterocycles. The van der Waals surface area contributed by atoms with Gasteiger partial charge in [0.15, 0.2) is 23.9 Å². The maximum Gasteiger partial charge on any atom is 0.331 e. The van der Waals surface area contributed by atoms with Gasteiger partial charge in [0.05, 0.1) is 21.3 Å². The number of carbonyl (C=O) groups is 2. The molecule has 174 valence electrons. The highest BCUT2D eigenvalue weighted by molar-refractivity contribution is 5.96. The quantitative estimate of drug-likeness (QED) is 0.441. The second kappa shape index (κ2) is 9.81. The van der Waals surface area contributed by atoms with Gasteiger partial charge in [-0.2, -0.15) is 0 Å². The molecule has 0 saturated heterocycles.